The normalized spacial score (nSPS) is 80.0. The molecule has 4 atom stereocenters. The van der Waals surface area contributed by atoms with Crippen LogP contribution in [0.5, 0.6) is 0 Å². The van der Waals surface area contributed by atoms with Crippen LogP contribution in [0, 0.1) is 46.3 Å². The van der Waals surface area contributed by atoms with Crippen molar-refractivity contribution in [2.24, 2.45) is 46.3 Å². The van der Waals surface area contributed by atoms with E-state index >= 15 is 0 Å². The van der Waals surface area contributed by atoms with Gasteiger partial charge in [-0.15, -0.1) is 0 Å². The van der Waals surface area contributed by atoms with Crippen molar-refractivity contribution in [3.63, 3.8) is 0 Å². The van der Waals surface area contributed by atoms with Crippen LogP contribution >= 0.6 is 0 Å². The first-order valence-electron chi connectivity index (χ1n) is 7.30. The minimum atomic E-state index is 0.946. The fourth-order valence-electron chi connectivity index (χ4n) is 8.36. The molecule has 15 heavy (non-hydrogen) atoms. The summed E-state index contributed by atoms with van der Waals surface area (Å²) >= 11 is 0. The molecule has 80 valence electrons. The van der Waals surface area contributed by atoms with Crippen LogP contribution in [0.3, 0.4) is 0 Å². The molecule has 0 aromatic carbocycles. The van der Waals surface area contributed by atoms with Gasteiger partial charge in [-0.3, -0.25) is 0 Å². The van der Waals surface area contributed by atoms with Crippen LogP contribution in [0.2, 0.25) is 0 Å². The first kappa shape index (κ1) is 7.35. The third-order valence-electron chi connectivity index (χ3n) is 8.03. The highest BCUT2D eigenvalue weighted by Gasteiger charge is 2.81. The van der Waals surface area contributed by atoms with E-state index in [4.69, 9.17) is 0 Å². The largest absolute Gasteiger partial charge is 0.0473 e. The smallest absolute Gasteiger partial charge is 0.0250 e. The van der Waals surface area contributed by atoms with E-state index < -0.39 is 0 Å². The van der Waals surface area contributed by atoms with Gasteiger partial charge in [-0.1, -0.05) is 0 Å². The highest BCUT2D eigenvalue weighted by Crippen LogP contribution is 2.88. The Morgan fingerprint density at radius 2 is 1.60 bits per heavy atom. The fourth-order valence-corrected chi connectivity index (χ4v) is 8.36. The number of hydrogen-bond acceptors (Lipinski definition) is 0. The Bertz CT molecular complexity index is 369. The molecule has 6 saturated carbocycles. The Morgan fingerprint density at radius 3 is 2.47 bits per heavy atom. The van der Waals surface area contributed by atoms with E-state index in [1.165, 1.54) is 35.5 Å². The second kappa shape index (κ2) is 1.73. The molecule has 0 radical (unpaired) electrons. The predicted molar refractivity (Wildman–Crippen MR) is 58.1 cm³/mol. The van der Waals surface area contributed by atoms with Crippen molar-refractivity contribution in [2.75, 3.05) is 0 Å². The van der Waals surface area contributed by atoms with Crippen LogP contribution in [0.4, 0.5) is 0 Å². The van der Waals surface area contributed by atoms with Crippen molar-refractivity contribution in [3.05, 3.63) is 0 Å². The Hall–Kier alpha value is 0. The summed E-state index contributed by atoms with van der Waals surface area (Å²) in [6.45, 7) is 0. The Kier molecular flexibility index (Phi) is 0.847. The lowest BCUT2D eigenvalue weighted by atomic mass is 9.38. The van der Waals surface area contributed by atoms with E-state index in [2.05, 4.69) is 0 Å². The van der Waals surface area contributed by atoms with Gasteiger partial charge in [0.15, 0.2) is 0 Å². The molecule has 4 unspecified atom stereocenters. The molecule has 0 aliphatic heterocycles. The zero-order chi connectivity index (χ0) is 9.41. The maximum Gasteiger partial charge on any atom is -0.0250 e. The van der Waals surface area contributed by atoms with Gasteiger partial charge in [-0.2, -0.15) is 0 Å². The molecule has 6 fully saturated rings. The van der Waals surface area contributed by atoms with Crippen molar-refractivity contribution >= 4 is 0 Å². The predicted octanol–water partition coefficient (Wildman–Crippen LogP) is 3.47. The molecule has 0 heteroatoms. The van der Waals surface area contributed by atoms with Crippen molar-refractivity contribution in [3.8, 4) is 0 Å². The Balaban J connectivity index is 1.65. The number of rotatable bonds is 0. The number of hydrogen-bond donors (Lipinski definition) is 0. The van der Waals surface area contributed by atoms with Gasteiger partial charge in [0, 0.05) is 0 Å². The first-order chi connectivity index (χ1) is 7.30. The third-order valence-corrected chi connectivity index (χ3v) is 8.03. The van der Waals surface area contributed by atoms with Gasteiger partial charge in [0.1, 0.15) is 0 Å². The first-order valence-corrected chi connectivity index (χ1v) is 7.30. The van der Waals surface area contributed by atoms with Crippen molar-refractivity contribution in [1.82, 2.24) is 0 Å². The lowest BCUT2D eigenvalue weighted by molar-refractivity contribution is -0.173. The zero-order valence-corrected chi connectivity index (χ0v) is 9.41. The van der Waals surface area contributed by atoms with E-state index in [0.29, 0.717) is 0 Å². The molecule has 0 aromatic heterocycles. The van der Waals surface area contributed by atoms with Gasteiger partial charge in [0.2, 0.25) is 0 Å². The van der Waals surface area contributed by atoms with Crippen LogP contribution in [-0.4, -0.2) is 0 Å². The van der Waals surface area contributed by atoms with Gasteiger partial charge in [-0.25, -0.2) is 0 Å². The molecule has 2 bridgehead atoms. The molecule has 0 N–H and O–H groups in total. The maximum atomic E-state index is 1.70. The van der Waals surface area contributed by atoms with E-state index in [9.17, 15) is 0 Å². The Morgan fingerprint density at radius 1 is 0.800 bits per heavy atom. The molecular weight excluding hydrogens is 180 g/mol. The van der Waals surface area contributed by atoms with Gasteiger partial charge in [0.25, 0.3) is 0 Å². The zero-order valence-electron chi connectivity index (χ0n) is 9.41. The SMILES string of the molecule is C1C2CC1C1C3C4CC5(CC1(C4)C5)C3C2. The van der Waals surface area contributed by atoms with Gasteiger partial charge in [-0.05, 0) is 91.3 Å². The minimum absolute atomic E-state index is 0.946. The third kappa shape index (κ3) is 0.524. The van der Waals surface area contributed by atoms with Crippen molar-refractivity contribution in [2.45, 2.75) is 44.9 Å². The summed E-state index contributed by atoms with van der Waals surface area (Å²) in [4.78, 5) is 0. The molecule has 0 aromatic rings. The lowest BCUT2D eigenvalue weighted by Gasteiger charge is -2.66. The monoisotopic (exact) mass is 200 g/mol. The Labute approximate surface area is 91.8 Å². The lowest BCUT2D eigenvalue weighted by Crippen LogP contribution is -2.58. The van der Waals surface area contributed by atoms with Gasteiger partial charge in [0.05, 0.1) is 0 Å². The molecule has 0 nitrogen and oxygen atoms in total. The van der Waals surface area contributed by atoms with Crippen LogP contribution in [-0.2, 0) is 0 Å². The van der Waals surface area contributed by atoms with Crippen LogP contribution in [0.15, 0.2) is 0 Å². The highest BCUT2D eigenvalue weighted by atomic mass is 14.9. The van der Waals surface area contributed by atoms with Crippen molar-refractivity contribution < 1.29 is 0 Å². The van der Waals surface area contributed by atoms with E-state index in [0.717, 1.165) is 10.8 Å². The van der Waals surface area contributed by atoms with E-state index in [-0.39, 0.29) is 0 Å². The average Bonchev–Trinajstić information content (AvgIpc) is 2.36. The molecule has 0 saturated heterocycles. The molecule has 2 spiro atoms. The average molecular weight is 200 g/mol. The van der Waals surface area contributed by atoms with E-state index in [1.54, 1.807) is 44.9 Å². The summed E-state index contributed by atoms with van der Waals surface area (Å²) in [6, 6.07) is 0. The molecule has 6 rings (SSSR count). The van der Waals surface area contributed by atoms with Crippen LogP contribution < -0.4 is 0 Å². The summed E-state index contributed by atoms with van der Waals surface area (Å²) in [7, 11) is 0. The summed E-state index contributed by atoms with van der Waals surface area (Å²) in [5, 5.41) is 0. The summed E-state index contributed by atoms with van der Waals surface area (Å²) in [5.74, 6) is 7.36. The standard InChI is InChI=1S/C15H20/c1-8-2-9(1)13-12-10-4-14(11(12)3-8)6-15(13,5-10)7-14/h8-13H,1-7H2. The summed E-state index contributed by atoms with van der Waals surface area (Å²) in [5.41, 5.74) is 1.89. The summed E-state index contributed by atoms with van der Waals surface area (Å²) in [6.07, 6.45) is 11.7. The second-order valence-electron chi connectivity index (χ2n) is 8.29. The summed E-state index contributed by atoms with van der Waals surface area (Å²) < 4.78 is 0. The van der Waals surface area contributed by atoms with Crippen LogP contribution in [0.25, 0.3) is 0 Å². The van der Waals surface area contributed by atoms with Gasteiger partial charge >= 0.3 is 0 Å². The molecular formula is C15H20. The maximum absolute atomic E-state index is 1.70. The molecule has 0 heterocycles. The van der Waals surface area contributed by atoms with E-state index in [1.807, 2.05) is 0 Å². The highest BCUT2D eigenvalue weighted by molar-refractivity contribution is 5.29. The second-order valence-corrected chi connectivity index (χ2v) is 8.29. The minimum Gasteiger partial charge on any atom is -0.0473 e. The molecule has 0 amide bonds. The van der Waals surface area contributed by atoms with Crippen LogP contribution in [0.1, 0.15) is 44.9 Å². The molecule has 6 aliphatic rings. The molecule has 6 aliphatic carbocycles. The fraction of sp³-hybridized carbons (Fsp3) is 1.00. The van der Waals surface area contributed by atoms with Gasteiger partial charge < -0.3 is 0 Å². The van der Waals surface area contributed by atoms with Crippen molar-refractivity contribution in [1.29, 1.82) is 0 Å². The topological polar surface area (TPSA) is 0 Å². The quantitative estimate of drug-likeness (QED) is 0.561.